The van der Waals surface area contributed by atoms with Crippen molar-refractivity contribution < 1.29 is 19.1 Å². The highest BCUT2D eigenvalue weighted by Gasteiger charge is 2.47. The van der Waals surface area contributed by atoms with Crippen LogP contribution in [0.25, 0.3) is 10.9 Å². The molecular weight excluding hydrogens is 398 g/mol. The van der Waals surface area contributed by atoms with Gasteiger partial charge < -0.3 is 24.3 Å². The van der Waals surface area contributed by atoms with Gasteiger partial charge in [0, 0.05) is 23.5 Å². The summed E-state index contributed by atoms with van der Waals surface area (Å²) in [5.41, 5.74) is 2.49. The van der Waals surface area contributed by atoms with Crippen molar-refractivity contribution in [3.05, 3.63) is 69.5 Å². The van der Waals surface area contributed by atoms with Crippen molar-refractivity contribution in [1.29, 1.82) is 0 Å². The molecule has 2 aromatic carbocycles. The number of H-pyrrole nitrogens is 1. The third-order valence-corrected chi connectivity index (χ3v) is 6.36. The number of aromatic nitrogens is 1. The Hall–Kier alpha value is -3.81. The topological polar surface area (TPSA) is 91.9 Å². The highest BCUT2D eigenvalue weighted by Crippen LogP contribution is 2.48. The number of rotatable bonds is 1. The lowest BCUT2D eigenvalue weighted by atomic mass is 9.98. The summed E-state index contributed by atoms with van der Waals surface area (Å²) in [4.78, 5) is 46.0. The van der Waals surface area contributed by atoms with E-state index in [4.69, 9.17) is 9.47 Å². The molecule has 0 bridgehead atoms. The van der Waals surface area contributed by atoms with E-state index >= 15 is 0 Å². The highest BCUT2D eigenvalue weighted by molar-refractivity contribution is 5.90. The number of benzene rings is 2. The maximum atomic E-state index is 13.5. The highest BCUT2D eigenvalue weighted by atomic mass is 16.7. The van der Waals surface area contributed by atoms with Crippen LogP contribution in [-0.2, 0) is 9.59 Å². The summed E-state index contributed by atoms with van der Waals surface area (Å²) in [7, 11) is 1.61. The lowest BCUT2D eigenvalue weighted by Crippen LogP contribution is -2.37. The molecule has 0 aliphatic carbocycles. The van der Waals surface area contributed by atoms with Crippen LogP contribution in [0.4, 0.5) is 0 Å². The predicted octanol–water partition coefficient (Wildman–Crippen LogP) is 2.09. The lowest BCUT2D eigenvalue weighted by molar-refractivity contribution is -0.136. The molecule has 3 aromatic rings. The van der Waals surface area contributed by atoms with Gasteiger partial charge in [-0.3, -0.25) is 14.4 Å². The normalized spacial score (nSPS) is 22.0. The summed E-state index contributed by atoms with van der Waals surface area (Å²) < 4.78 is 11.0. The Kier molecular flexibility index (Phi) is 3.68. The van der Waals surface area contributed by atoms with Crippen LogP contribution >= 0.6 is 0 Å². The molecule has 4 heterocycles. The first-order valence-electron chi connectivity index (χ1n) is 10.1. The molecule has 1 saturated heterocycles. The monoisotopic (exact) mass is 417 g/mol. The van der Waals surface area contributed by atoms with Crippen molar-refractivity contribution >= 4 is 22.7 Å². The number of fused-ring (bicyclic) bond motifs is 5. The molecule has 6 rings (SSSR count). The number of nitrogens with one attached hydrogen (secondary N) is 1. The van der Waals surface area contributed by atoms with E-state index in [1.807, 2.05) is 36.4 Å². The van der Waals surface area contributed by atoms with Crippen molar-refractivity contribution in [3.63, 3.8) is 0 Å². The number of carbonyl (C=O) groups excluding carboxylic acids is 2. The molecule has 0 spiro atoms. The standard InChI is InChI=1S/C23H19N3O5/c1-25-10-19(28)26-15(9-18(25)27)20-21(24-14-5-3-2-4-13(14)23(20)29)22(26)12-6-7-16-17(8-12)31-11-30-16/h2-8,15,22H,9-11H2,1H3,(H,24,29)/t15?,22-/m0/s1. The maximum Gasteiger partial charge on any atom is 0.243 e. The van der Waals surface area contributed by atoms with E-state index in [0.29, 0.717) is 33.7 Å². The molecule has 0 radical (unpaired) electrons. The molecule has 3 aliphatic heterocycles. The van der Waals surface area contributed by atoms with Crippen LogP contribution < -0.4 is 14.9 Å². The van der Waals surface area contributed by atoms with E-state index in [1.54, 1.807) is 18.0 Å². The van der Waals surface area contributed by atoms with Gasteiger partial charge in [0.15, 0.2) is 16.9 Å². The van der Waals surface area contributed by atoms with E-state index in [2.05, 4.69) is 4.98 Å². The molecule has 1 aromatic heterocycles. The summed E-state index contributed by atoms with van der Waals surface area (Å²) in [5, 5.41) is 0.546. The second-order valence-electron chi connectivity index (χ2n) is 8.11. The second kappa shape index (κ2) is 6.34. The Bertz CT molecular complexity index is 1330. The number of aromatic amines is 1. The summed E-state index contributed by atoms with van der Waals surface area (Å²) in [6.07, 6.45) is 0.0672. The fourth-order valence-electron chi connectivity index (χ4n) is 4.90. The Labute approximate surface area is 177 Å². The molecular formula is C23H19N3O5. The van der Waals surface area contributed by atoms with Crippen LogP contribution in [-0.4, -0.2) is 47.0 Å². The molecule has 3 aliphatic rings. The Morgan fingerprint density at radius 2 is 1.81 bits per heavy atom. The number of hydrogen-bond acceptors (Lipinski definition) is 5. The van der Waals surface area contributed by atoms with Gasteiger partial charge in [-0.25, -0.2) is 0 Å². The molecule has 31 heavy (non-hydrogen) atoms. The zero-order chi connectivity index (χ0) is 21.3. The van der Waals surface area contributed by atoms with Gasteiger partial charge in [-0.1, -0.05) is 18.2 Å². The largest absolute Gasteiger partial charge is 0.454 e. The van der Waals surface area contributed by atoms with Crippen LogP contribution in [0.1, 0.15) is 35.3 Å². The number of carbonyl (C=O) groups is 2. The number of likely N-dealkylation sites (N-methyl/N-ethyl adjacent to an activating group) is 1. The first-order chi connectivity index (χ1) is 15.0. The first-order valence-corrected chi connectivity index (χ1v) is 10.1. The van der Waals surface area contributed by atoms with Crippen LogP contribution in [0.15, 0.2) is 47.3 Å². The number of amides is 2. The number of ether oxygens (including phenoxy) is 2. The van der Waals surface area contributed by atoms with Gasteiger partial charge in [-0.2, -0.15) is 0 Å². The molecule has 2 amide bonds. The number of hydrogen-bond donors (Lipinski definition) is 1. The minimum atomic E-state index is -0.622. The van der Waals surface area contributed by atoms with Crippen molar-refractivity contribution in [2.24, 2.45) is 0 Å². The van der Waals surface area contributed by atoms with Crippen molar-refractivity contribution in [3.8, 4) is 11.5 Å². The van der Waals surface area contributed by atoms with Gasteiger partial charge in [0.1, 0.15) is 0 Å². The third-order valence-electron chi connectivity index (χ3n) is 6.36. The van der Waals surface area contributed by atoms with Crippen LogP contribution in [0, 0.1) is 0 Å². The number of pyridine rings is 1. The zero-order valence-electron chi connectivity index (χ0n) is 16.8. The van der Waals surface area contributed by atoms with E-state index in [0.717, 1.165) is 5.56 Å². The second-order valence-corrected chi connectivity index (χ2v) is 8.11. The SMILES string of the molecule is CN1CC(=O)N2C(CC1=O)c1c([nH]c3ccccc3c1=O)[C@@H]2c1ccc2c(c1)OCO2. The molecule has 1 fully saturated rings. The van der Waals surface area contributed by atoms with Crippen molar-refractivity contribution in [1.82, 2.24) is 14.8 Å². The van der Waals surface area contributed by atoms with Gasteiger partial charge >= 0.3 is 0 Å². The molecule has 1 N–H and O–H groups in total. The van der Waals surface area contributed by atoms with Crippen LogP contribution in [0.5, 0.6) is 11.5 Å². The van der Waals surface area contributed by atoms with Gasteiger partial charge in [0.25, 0.3) is 0 Å². The zero-order valence-corrected chi connectivity index (χ0v) is 16.8. The fraction of sp³-hybridized carbons (Fsp3) is 0.261. The van der Waals surface area contributed by atoms with E-state index < -0.39 is 12.1 Å². The molecule has 1 unspecified atom stereocenters. The Morgan fingerprint density at radius 3 is 2.68 bits per heavy atom. The van der Waals surface area contributed by atoms with Gasteiger partial charge in [-0.05, 0) is 29.8 Å². The average Bonchev–Trinajstić information content (AvgIpc) is 3.33. The molecule has 0 saturated carbocycles. The van der Waals surface area contributed by atoms with E-state index in [9.17, 15) is 14.4 Å². The fourth-order valence-corrected chi connectivity index (χ4v) is 4.90. The summed E-state index contributed by atoms with van der Waals surface area (Å²) in [6, 6.07) is 11.7. The number of para-hydroxylation sites is 1. The predicted molar refractivity (Wildman–Crippen MR) is 111 cm³/mol. The quantitative estimate of drug-likeness (QED) is 0.655. The van der Waals surface area contributed by atoms with Crippen LogP contribution in [0.2, 0.25) is 0 Å². The van der Waals surface area contributed by atoms with E-state index in [1.165, 1.54) is 4.90 Å². The van der Waals surface area contributed by atoms with Gasteiger partial charge in [-0.15, -0.1) is 0 Å². The molecule has 2 atom stereocenters. The molecule has 8 nitrogen and oxygen atoms in total. The summed E-state index contributed by atoms with van der Waals surface area (Å²) in [6.45, 7) is 0.115. The average molecular weight is 417 g/mol. The lowest BCUT2D eigenvalue weighted by Gasteiger charge is -2.28. The minimum absolute atomic E-state index is 0.0297. The smallest absolute Gasteiger partial charge is 0.243 e. The Balaban J connectivity index is 1.63. The summed E-state index contributed by atoms with van der Waals surface area (Å²) >= 11 is 0. The third kappa shape index (κ3) is 2.51. The van der Waals surface area contributed by atoms with E-state index in [-0.39, 0.29) is 37.0 Å². The minimum Gasteiger partial charge on any atom is -0.454 e. The van der Waals surface area contributed by atoms with Crippen molar-refractivity contribution in [2.75, 3.05) is 20.4 Å². The molecule has 156 valence electrons. The van der Waals surface area contributed by atoms with Crippen molar-refractivity contribution in [2.45, 2.75) is 18.5 Å². The maximum absolute atomic E-state index is 13.5. The van der Waals surface area contributed by atoms with Gasteiger partial charge in [0.2, 0.25) is 18.6 Å². The summed E-state index contributed by atoms with van der Waals surface area (Å²) in [5.74, 6) is 0.878. The van der Waals surface area contributed by atoms with Crippen LogP contribution in [0.3, 0.4) is 0 Å². The Morgan fingerprint density at radius 1 is 1.00 bits per heavy atom. The number of nitrogens with zero attached hydrogens (tertiary/aromatic N) is 2. The molecule has 8 heteroatoms. The van der Waals surface area contributed by atoms with Gasteiger partial charge in [0.05, 0.1) is 30.7 Å². The first kappa shape index (κ1) is 18.0.